The van der Waals surface area contributed by atoms with Crippen LogP contribution >= 0.6 is 0 Å². The van der Waals surface area contributed by atoms with E-state index < -0.39 is 0 Å². The minimum absolute atomic E-state index is 0.190. The van der Waals surface area contributed by atoms with Crippen LogP contribution < -0.4 is 0 Å². The lowest BCUT2D eigenvalue weighted by atomic mass is 9.97. The second-order valence-corrected chi connectivity index (χ2v) is 6.31. The second-order valence-electron chi connectivity index (χ2n) is 6.31. The molecule has 1 aliphatic rings. The van der Waals surface area contributed by atoms with Gasteiger partial charge in [0.1, 0.15) is 5.69 Å². The highest BCUT2D eigenvalue weighted by molar-refractivity contribution is 5.64. The smallest absolute Gasteiger partial charge is 0.232 e. The molecular weight excluding hydrogens is 254 g/mol. The number of benzene rings is 1. The van der Waals surface area contributed by atoms with E-state index in [1.165, 1.54) is 0 Å². The lowest BCUT2D eigenvalue weighted by Gasteiger charge is -2.10. The first-order chi connectivity index (χ1) is 9.49. The summed E-state index contributed by atoms with van der Waals surface area (Å²) in [5.41, 5.74) is 2.10. The summed E-state index contributed by atoms with van der Waals surface area (Å²) in [6.45, 7) is 6.04. The summed E-state index contributed by atoms with van der Waals surface area (Å²) in [5, 5.41) is 7.13. The molecular formula is C15H17N3O2. The van der Waals surface area contributed by atoms with Crippen LogP contribution in [0.1, 0.15) is 51.0 Å². The number of nitroso groups, excluding NO2 is 1. The fourth-order valence-electron chi connectivity index (χ4n) is 2.15. The van der Waals surface area contributed by atoms with Crippen molar-refractivity contribution in [2.75, 3.05) is 0 Å². The molecule has 0 radical (unpaired) electrons. The molecule has 3 rings (SSSR count). The first kappa shape index (κ1) is 13.0. The Kier molecular flexibility index (Phi) is 2.92. The Balaban J connectivity index is 1.98. The van der Waals surface area contributed by atoms with Crippen LogP contribution in [0.2, 0.25) is 0 Å². The van der Waals surface area contributed by atoms with Crippen molar-refractivity contribution >= 4 is 5.69 Å². The van der Waals surface area contributed by atoms with E-state index in [9.17, 15) is 4.91 Å². The molecule has 0 amide bonds. The van der Waals surface area contributed by atoms with Gasteiger partial charge in [-0.2, -0.15) is 4.98 Å². The topological polar surface area (TPSA) is 68.3 Å². The van der Waals surface area contributed by atoms with E-state index >= 15 is 0 Å². The molecule has 0 N–H and O–H groups in total. The standard InChI is InChI=1S/C15H17N3O2/c1-15(2,3)14-16-13(18-20-14)10-6-7-11(9-4-5-9)12(8-10)17-19/h6-9H,4-5H2,1-3H3. The van der Waals surface area contributed by atoms with Gasteiger partial charge in [-0.25, -0.2) is 0 Å². The van der Waals surface area contributed by atoms with Gasteiger partial charge in [0, 0.05) is 11.0 Å². The third kappa shape index (κ3) is 2.35. The molecule has 0 atom stereocenters. The molecule has 20 heavy (non-hydrogen) atoms. The van der Waals surface area contributed by atoms with Gasteiger partial charge >= 0.3 is 0 Å². The van der Waals surface area contributed by atoms with Crippen molar-refractivity contribution in [3.63, 3.8) is 0 Å². The number of nitrogens with zero attached hydrogens (tertiary/aromatic N) is 3. The van der Waals surface area contributed by atoms with Crippen molar-refractivity contribution in [2.24, 2.45) is 5.18 Å². The first-order valence-electron chi connectivity index (χ1n) is 6.81. The second kappa shape index (κ2) is 4.51. The molecule has 1 saturated carbocycles. The summed E-state index contributed by atoms with van der Waals surface area (Å²) in [5.74, 6) is 1.58. The maximum Gasteiger partial charge on any atom is 0.232 e. The molecule has 0 spiro atoms. The van der Waals surface area contributed by atoms with Crippen molar-refractivity contribution < 1.29 is 4.52 Å². The van der Waals surface area contributed by atoms with E-state index in [1.54, 1.807) is 6.07 Å². The Labute approximate surface area is 117 Å². The molecule has 1 aromatic carbocycles. The summed E-state index contributed by atoms with van der Waals surface area (Å²) in [4.78, 5) is 15.4. The number of hydrogen-bond donors (Lipinski definition) is 0. The van der Waals surface area contributed by atoms with Gasteiger partial charge in [0.05, 0.1) is 0 Å². The van der Waals surface area contributed by atoms with Crippen LogP contribution in [0, 0.1) is 4.91 Å². The average Bonchev–Trinajstić information content (AvgIpc) is 3.12. The molecule has 1 aliphatic carbocycles. The highest BCUT2D eigenvalue weighted by atomic mass is 16.5. The lowest BCUT2D eigenvalue weighted by Crippen LogP contribution is -2.11. The molecule has 1 fully saturated rings. The SMILES string of the molecule is CC(C)(C)c1nc(-c2ccc(C3CC3)c(N=O)c2)no1. The predicted molar refractivity (Wildman–Crippen MR) is 75.9 cm³/mol. The van der Waals surface area contributed by atoms with Gasteiger partial charge in [0.15, 0.2) is 0 Å². The highest BCUT2D eigenvalue weighted by Gasteiger charge is 2.27. The van der Waals surface area contributed by atoms with Gasteiger partial charge in [-0.15, -0.1) is 4.91 Å². The van der Waals surface area contributed by atoms with Gasteiger partial charge in [0.25, 0.3) is 0 Å². The van der Waals surface area contributed by atoms with Crippen LogP contribution in [0.15, 0.2) is 27.9 Å². The lowest BCUT2D eigenvalue weighted by molar-refractivity contribution is 0.321. The third-order valence-electron chi connectivity index (χ3n) is 3.47. The molecule has 2 aromatic rings. The van der Waals surface area contributed by atoms with E-state index in [1.807, 2.05) is 32.9 Å². The van der Waals surface area contributed by atoms with Crippen LogP contribution in [0.4, 0.5) is 5.69 Å². The molecule has 0 aliphatic heterocycles. The summed E-state index contributed by atoms with van der Waals surface area (Å²) in [7, 11) is 0. The molecule has 0 unspecified atom stereocenters. The Morgan fingerprint density at radius 1 is 1.30 bits per heavy atom. The minimum Gasteiger partial charge on any atom is -0.338 e. The van der Waals surface area contributed by atoms with Crippen molar-refractivity contribution in [1.82, 2.24) is 10.1 Å². The molecule has 0 saturated heterocycles. The van der Waals surface area contributed by atoms with E-state index in [2.05, 4.69) is 15.3 Å². The average molecular weight is 271 g/mol. The molecule has 104 valence electrons. The number of hydrogen-bond acceptors (Lipinski definition) is 5. The Bertz CT molecular complexity index is 651. The number of aromatic nitrogens is 2. The fourth-order valence-corrected chi connectivity index (χ4v) is 2.15. The fraction of sp³-hybridized carbons (Fsp3) is 0.467. The number of rotatable bonds is 3. The maximum absolute atomic E-state index is 11.0. The predicted octanol–water partition coefficient (Wildman–Crippen LogP) is 4.31. The van der Waals surface area contributed by atoms with Crippen LogP contribution in [-0.4, -0.2) is 10.1 Å². The van der Waals surface area contributed by atoms with Gasteiger partial charge in [-0.1, -0.05) is 38.1 Å². The monoisotopic (exact) mass is 271 g/mol. The minimum atomic E-state index is -0.190. The summed E-state index contributed by atoms with van der Waals surface area (Å²) >= 11 is 0. The molecule has 1 heterocycles. The van der Waals surface area contributed by atoms with E-state index in [-0.39, 0.29) is 5.41 Å². The Morgan fingerprint density at radius 3 is 2.60 bits per heavy atom. The summed E-state index contributed by atoms with van der Waals surface area (Å²) in [6, 6.07) is 5.63. The van der Waals surface area contributed by atoms with Crippen molar-refractivity contribution in [2.45, 2.75) is 44.9 Å². The molecule has 0 bridgehead atoms. The Hall–Kier alpha value is -2.04. The van der Waals surface area contributed by atoms with Gasteiger partial charge in [-0.3, -0.25) is 0 Å². The van der Waals surface area contributed by atoms with Gasteiger partial charge < -0.3 is 4.52 Å². The van der Waals surface area contributed by atoms with Crippen LogP contribution in [0.3, 0.4) is 0 Å². The first-order valence-corrected chi connectivity index (χ1v) is 6.81. The van der Waals surface area contributed by atoms with E-state index in [4.69, 9.17) is 4.52 Å². The largest absolute Gasteiger partial charge is 0.338 e. The zero-order valence-corrected chi connectivity index (χ0v) is 11.9. The molecule has 1 aromatic heterocycles. The quantitative estimate of drug-likeness (QED) is 0.780. The molecule has 5 heteroatoms. The summed E-state index contributed by atoms with van der Waals surface area (Å²) < 4.78 is 5.28. The summed E-state index contributed by atoms with van der Waals surface area (Å²) in [6.07, 6.45) is 2.27. The normalized spacial score (nSPS) is 15.3. The van der Waals surface area contributed by atoms with E-state index in [0.717, 1.165) is 24.0 Å². The van der Waals surface area contributed by atoms with Gasteiger partial charge in [-0.05, 0) is 35.6 Å². The zero-order chi connectivity index (χ0) is 14.3. The van der Waals surface area contributed by atoms with Gasteiger partial charge in [0.2, 0.25) is 11.7 Å². The van der Waals surface area contributed by atoms with Crippen molar-refractivity contribution in [3.05, 3.63) is 34.6 Å². The van der Waals surface area contributed by atoms with Crippen molar-refractivity contribution in [3.8, 4) is 11.4 Å². The maximum atomic E-state index is 11.0. The van der Waals surface area contributed by atoms with Crippen LogP contribution in [0.5, 0.6) is 0 Å². The van der Waals surface area contributed by atoms with Crippen LogP contribution in [-0.2, 0) is 5.41 Å². The Morgan fingerprint density at radius 2 is 2.05 bits per heavy atom. The highest BCUT2D eigenvalue weighted by Crippen LogP contribution is 2.45. The van der Waals surface area contributed by atoms with Crippen LogP contribution in [0.25, 0.3) is 11.4 Å². The van der Waals surface area contributed by atoms with E-state index in [0.29, 0.717) is 23.3 Å². The zero-order valence-electron chi connectivity index (χ0n) is 11.9. The molecule has 5 nitrogen and oxygen atoms in total. The van der Waals surface area contributed by atoms with Crippen molar-refractivity contribution in [1.29, 1.82) is 0 Å². The third-order valence-corrected chi connectivity index (χ3v) is 3.47.